The molecule has 7 heteroatoms. The highest BCUT2D eigenvalue weighted by Gasteiger charge is 2.17. The van der Waals surface area contributed by atoms with Crippen LogP contribution in [0.1, 0.15) is 18.9 Å². The number of fused-ring (bicyclic) bond motifs is 1. The van der Waals surface area contributed by atoms with E-state index in [1.807, 2.05) is 25.3 Å². The number of rotatable bonds is 5. The van der Waals surface area contributed by atoms with Crippen LogP contribution in [0.3, 0.4) is 0 Å². The lowest BCUT2D eigenvalue weighted by Crippen LogP contribution is -2.36. The number of carbonyl (C=O) groups excluding carboxylic acids is 1. The van der Waals surface area contributed by atoms with Gasteiger partial charge in [0.25, 0.3) is 0 Å². The molecule has 0 saturated carbocycles. The summed E-state index contributed by atoms with van der Waals surface area (Å²) in [7, 11) is 0. The highest BCUT2D eigenvalue weighted by molar-refractivity contribution is 6.32. The van der Waals surface area contributed by atoms with E-state index in [0.29, 0.717) is 36.3 Å². The lowest BCUT2D eigenvalue weighted by atomic mass is 10.1. The first-order valence-corrected chi connectivity index (χ1v) is 8.34. The third kappa shape index (κ3) is 4.20. The molecule has 1 atom stereocenters. The average Bonchev–Trinajstić information content (AvgIpc) is 2.90. The molecule has 24 heavy (non-hydrogen) atoms. The largest absolute Gasteiger partial charge is 0.489 e. The van der Waals surface area contributed by atoms with Gasteiger partial charge < -0.3 is 14.8 Å². The Hall–Kier alpha value is -2.21. The molecule has 128 valence electrons. The van der Waals surface area contributed by atoms with Crippen LogP contribution in [0.25, 0.3) is 0 Å². The van der Waals surface area contributed by atoms with Crippen LogP contribution >= 0.6 is 11.6 Å². The number of benzene rings is 1. The van der Waals surface area contributed by atoms with Crippen molar-refractivity contribution in [2.75, 3.05) is 13.2 Å². The lowest BCUT2D eigenvalue weighted by molar-refractivity contribution is -0.121. The Labute approximate surface area is 145 Å². The predicted octanol–water partition coefficient (Wildman–Crippen LogP) is 2.45. The normalized spacial score (nSPS) is 14.8. The number of halogens is 1. The molecule has 0 spiro atoms. The molecule has 1 aliphatic heterocycles. The van der Waals surface area contributed by atoms with Crippen molar-refractivity contribution in [1.29, 1.82) is 0 Å². The van der Waals surface area contributed by atoms with E-state index in [-0.39, 0.29) is 18.4 Å². The van der Waals surface area contributed by atoms with Crippen molar-refractivity contribution in [2.24, 2.45) is 0 Å². The van der Waals surface area contributed by atoms with Crippen molar-refractivity contribution in [3.8, 4) is 11.5 Å². The van der Waals surface area contributed by atoms with E-state index < -0.39 is 0 Å². The van der Waals surface area contributed by atoms with Crippen molar-refractivity contribution in [3.63, 3.8) is 0 Å². The minimum atomic E-state index is -0.0692. The van der Waals surface area contributed by atoms with Gasteiger partial charge in [-0.1, -0.05) is 11.6 Å². The topological polar surface area (TPSA) is 65.4 Å². The van der Waals surface area contributed by atoms with Gasteiger partial charge in [0, 0.05) is 24.9 Å². The fraction of sp³-hybridized carbons (Fsp3) is 0.412. The smallest absolute Gasteiger partial charge is 0.224 e. The number of hydrogen-bond donors (Lipinski definition) is 1. The maximum Gasteiger partial charge on any atom is 0.224 e. The summed E-state index contributed by atoms with van der Waals surface area (Å²) in [5.74, 6) is 1.10. The van der Waals surface area contributed by atoms with E-state index in [1.54, 1.807) is 16.9 Å². The lowest BCUT2D eigenvalue weighted by Gasteiger charge is -2.15. The van der Waals surface area contributed by atoms with Gasteiger partial charge in [0.2, 0.25) is 5.91 Å². The molecule has 0 unspecified atom stereocenters. The number of carbonyl (C=O) groups is 1. The Kier molecular flexibility index (Phi) is 5.25. The molecular formula is C17H20ClN3O3. The Balaban J connectivity index is 1.62. The van der Waals surface area contributed by atoms with E-state index in [4.69, 9.17) is 21.1 Å². The number of aromatic nitrogens is 2. The van der Waals surface area contributed by atoms with E-state index >= 15 is 0 Å². The van der Waals surface area contributed by atoms with Gasteiger partial charge >= 0.3 is 0 Å². The summed E-state index contributed by atoms with van der Waals surface area (Å²) in [6, 6.07) is 5.42. The molecule has 1 amide bonds. The summed E-state index contributed by atoms with van der Waals surface area (Å²) >= 11 is 6.26. The fourth-order valence-corrected chi connectivity index (χ4v) is 2.92. The van der Waals surface area contributed by atoms with Crippen LogP contribution in [0.2, 0.25) is 5.02 Å². The second-order valence-corrected chi connectivity index (χ2v) is 6.24. The van der Waals surface area contributed by atoms with Gasteiger partial charge in [-0.25, -0.2) is 0 Å². The van der Waals surface area contributed by atoms with Crippen LogP contribution < -0.4 is 14.8 Å². The molecule has 0 bridgehead atoms. The second kappa shape index (κ2) is 7.57. The summed E-state index contributed by atoms with van der Waals surface area (Å²) in [6.07, 6.45) is 4.63. The van der Waals surface area contributed by atoms with Crippen molar-refractivity contribution in [2.45, 2.75) is 32.4 Å². The van der Waals surface area contributed by atoms with E-state index in [1.165, 1.54) is 0 Å². The van der Waals surface area contributed by atoms with E-state index in [2.05, 4.69) is 10.4 Å². The maximum absolute atomic E-state index is 12.2. The number of nitrogens with zero attached hydrogens (tertiary/aromatic N) is 2. The summed E-state index contributed by atoms with van der Waals surface area (Å²) < 4.78 is 13.0. The first-order chi connectivity index (χ1) is 11.6. The summed E-state index contributed by atoms with van der Waals surface area (Å²) in [5.41, 5.74) is 0.799. The van der Waals surface area contributed by atoms with Crippen molar-refractivity contribution in [3.05, 3.63) is 41.2 Å². The summed E-state index contributed by atoms with van der Waals surface area (Å²) in [6.45, 7) is 3.73. The molecule has 0 saturated heterocycles. The van der Waals surface area contributed by atoms with Crippen LogP contribution in [0.15, 0.2) is 30.6 Å². The highest BCUT2D eigenvalue weighted by Crippen LogP contribution is 2.38. The van der Waals surface area contributed by atoms with Gasteiger partial charge in [-0.3, -0.25) is 9.48 Å². The monoisotopic (exact) mass is 349 g/mol. The fourth-order valence-electron chi connectivity index (χ4n) is 2.63. The molecule has 1 N–H and O–H groups in total. The van der Waals surface area contributed by atoms with Gasteiger partial charge in [-0.2, -0.15) is 5.10 Å². The molecule has 3 rings (SSSR count). The zero-order valence-corrected chi connectivity index (χ0v) is 14.3. The molecule has 1 aliphatic rings. The summed E-state index contributed by atoms with van der Waals surface area (Å²) in [5, 5.41) is 7.57. The zero-order valence-electron chi connectivity index (χ0n) is 13.5. The molecule has 6 nitrogen and oxygen atoms in total. The quantitative estimate of drug-likeness (QED) is 0.900. The third-order valence-electron chi connectivity index (χ3n) is 3.65. The standard InChI is InChI=1S/C17H20ClN3O3/c1-12(11-21-5-2-4-19-21)20-16(22)10-13-8-14(18)17-15(9-13)23-6-3-7-24-17/h2,4-5,8-9,12H,3,6-7,10-11H2,1H3,(H,20,22)/t12-/m0/s1. The zero-order chi connectivity index (χ0) is 16.9. The van der Waals surface area contributed by atoms with Crippen molar-refractivity contribution in [1.82, 2.24) is 15.1 Å². The molecule has 2 aromatic rings. The molecule has 0 fully saturated rings. The Morgan fingerprint density at radius 2 is 2.25 bits per heavy atom. The van der Waals surface area contributed by atoms with Gasteiger partial charge in [0.05, 0.1) is 31.2 Å². The summed E-state index contributed by atoms with van der Waals surface area (Å²) in [4.78, 5) is 12.2. The number of nitrogens with one attached hydrogen (secondary N) is 1. The van der Waals surface area contributed by atoms with Gasteiger partial charge in [0.1, 0.15) is 0 Å². The second-order valence-electron chi connectivity index (χ2n) is 5.83. The molecule has 2 heterocycles. The van der Waals surface area contributed by atoms with Crippen LogP contribution in [0.4, 0.5) is 0 Å². The van der Waals surface area contributed by atoms with Gasteiger partial charge in [-0.15, -0.1) is 0 Å². The van der Waals surface area contributed by atoms with Crippen molar-refractivity contribution >= 4 is 17.5 Å². The first kappa shape index (κ1) is 16.6. The van der Waals surface area contributed by atoms with Crippen molar-refractivity contribution < 1.29 is 14.3 Å². The molecule has 1 aromatic heterocycles. The van der Waals surface area contributed by atoms with Crippen LogP contribution in [0.5, 0.6) is 11.5 Å². The molecular weight excluding hydrogens is 330 g/mol. The Morgan fingerprint density at radius 3 is 3.04 bits per heavy atom. The maximum atomic E-state index is 12.2. The highest BCUT2D eigenvalue weighted by atomic mass is 35.5. The Bertz CT molecular complexity index is 703. The third-order valence-corrected chi connectivity index (χ3v) is 3.93. The predicted molar refractivity (Wildman–Crippen MR) is 90.6 cm³/mol. The van der Waals surface area contributed by atoms with Gasteiger partial charge in [0.15, 0.2) is 11.5 Å². The first-order valence-electron chi connectivity index (χ1n) is 7.96. The van der Waals surface area contributed by atoms with E-state index in [0.717, 1.165) is 12.0 Å². The number of ether oxygens (including phenoxy) is 2. The van der Waals surface area contributed by atoms with Crippen LogP contribution in [-0.2, 0) is 17.8 Å². The van der Waals surface area contributed by atoms with E-state index in [9.17, 15) is 4.79 Å². The average molecular weight is 350 g/mol. The van der Waals surface area contributed by atoms with Crippen LogP contribution in [-0.4, -0.2) is 34.9 Å². The minimum absolute atomic E-state index is 0.0201. The SMILES string of the molecule is C[C@@H](Cn1cccn1)NC(=O)Cc1cc(Cl)c2c(c1)OCCCO2. The molecule has 1 aromatic carbocycles. The van der Waals surface area contributed by atoms with Crippen LogP contribution in [0, 0.1) is 0 Å². The molecule has 0 radical (unpaired) electrons. The number of hydrogen-bond acceptors (Lipinski definition) is 4. The van der Waals surface area contributed by atoms with Gasteiger partial charge in [-0.05, 0) is 30.7 Å². The molecule has 0 aliphatic carbocycles. The minimum Gasteiger partial charge on any atom is -0.489 e. The number of amides is 1. The Morgan fingerprint density at radius 1 is 1.42 bits per heavy atom.